The lowest BCUT2D eigenvalue weighted by Crippen LogP contribution is -2.68. The van der Waals surface area contributed by atoms with Crippen molar-refractivity contribution in [3.05, 3.63) is 311 Å². The predicted molar refractivity (Wildman–Crippen MR) is 552 cm³/mol. The molecule has 0 bridgehead atoms. The van der Waals surface area contributed by atoms with Crippen LogP contribution in [0.5, 0.6) is 0 Å². The molecule has 0 amide bonds. The van der Waals surface area contributed by atoms with Crippen molar-refractivity contribution < 1.29 is 89.4 Å². The maximum absolute atomic E-state index is 11.9. The Morgan fingerprint density at radius 1 is 0.284 bits per heavy atom. The number of rotatable bonds is 37. The highest BCUT2D eigenvalue weighted by Gasteiger charge is 2.61. The fraction of sp³-hybridized carbons (Fsp3) is 0.522. The van der Waals surface area contributed by atoms with Crippen LogP contribution in [0.4, 0.5) is 0 Å². The predicted octanol–water partition coefficient (Wildman–Crippen LogP) is 18.6. The number of nitrogens with zero attached hydrogens (tertiary/aromatic N) is 6. The molecule has 30 atom stereocenters. The molecule has 1 N–H and O–H groups in total. The van der Waals surface area contributed by atoms with E-state index in [4.69, 9.17) is 84.3 Å². The van der Waals surface area contributed by atoms with Crippen LogP contribution >= 0.6 is 0 Å². The Bertz CT molecular complexity index is 5320. The molecule has 6 aliphatic heterocycles. The standard InChI is InChI=1S/C113H148N6O19Si3/c1-72-73(2)105(121-20)131-91(69-125-139(111(11,12)13,85-54-36-24-37-55-85)86-56-38-25-39-57-86)97(72)134-107-77(6)101(123-67-83-50-32-22-33-51-83)103(80(9)129-107)137-110-95(117-119-115)75(4)99(93(133-110)71-127-141(113(17,18)19,89-62-44-28-45-63-89)90-64-46-29-47-65-90)136-108-78(7)102(124-68-84-52-34-23-35-53-84)104(81(10)130-108)138-109-94(116-118-114)74(3)98(135-106-76(5)100(96(120)79(8)128-106)122-66-82-48-30-21-31-49-82)92(132-109)70-126-140(112(14,15)16,87-58-40-26-41-59-87)88-60-42-27-43-61-88/h21-65,72-81,91-110,120H,66-71H2,1-20H3/t72-,73?,74-,75-,76?,77?,78?,79?,80?,81?,91?,92?,93?,94?,95?,96-,97+,98+,99+,100+,101+,102+,103+,104+,105+,106+,107+,108+,109+,110+/m1/s1. The van der Waals surface area contributed by atoms with Gasteiger partial charge in [0.1, 0.15) is 36.6 Å². The number of azide groups is 2. The van der Waals surface area contributed by atoms with Crippen LogP contribution in [0.25, 0.3) is 20.9 Å². The van der Waals surface area contributed by atoms with Crippen LogP contribution in [0.1, 0.15) is 148 Å². The minimum Gasteiger partial charge on any atom is -0.405 e. The number of aliphatic hydroxyl groups is 1. The third-order valence-corrected chi connectivity index (χ3v) is 45.3. The van der Waals surface area contributed by atoms with Crippen LogP contribution in [0.15, 0.2) is 283 Å². The Morgan fingerprint density at radius 2 is 0.525 bits per heavy atom. The number of hydrogen-bond donors (Lipinski definition) is 1. The quantitative estimate of drug-likeness (QED) is 0.0164. The Labute approximate surface area is 837 Å². The first-order valence-electron chi connectivity index (χ1n) is 50.5. The van der Waals surface area contributed by atoms with Crippen molar-refractivity contribution >= 4 is 56.1 Å². The lowest BCUT2D eigenvalue weighted by Gasteiger charge is -2.52. The summed E-state index contributed by atoms with van der Waals surface area (Å²) in [5.41, 5.74) is 24.8. The van der Waals surface area contributed by atoms with Gasteiger partial charge in [-0.3, -0.25) is 0 Å². The Hall–Kier alpha value is -8.51. The zero-order chi connectivity index (χ0) is 100. The molecular formula is C113H148N6O19Si3. The van der Waals surface area contributed by atoms with E-state index in [9.17, 15) is 16.2 Å². The third kappa shape index (κ3) is 23.3. The van der Waals surface area contributed by atoms with Crippen LogP contribution in [0, 0.1) is 41.4 Å². The number of ether oxygens (including phenoxy) is 15. The fourth-order valence-corrected chi connectivity index (χ4v) is 36.1. The smallest absolute Gasteiger partial charge is 0.261 e. The molecule has 0 aliphatic carbocycles. The molecule has 0 spiro atoms. The summed E-state index contributed by atoms with van der Waals surface area (Å²) in [4.78, 5) is 7.15. The summed E-state index contributed by atoms with van der Waals surface area (Å²) in [6.07, 6.45) is -18.4. The molecule has 12 unspecified atom stereocenters. The van der Waals surface area contributed by atoms with E-state index in [1.54, 1.807) is 7.11 Å². The molecule has 9 aromatic carbocycles. The van der Waals surface area contributed by atoms with Gasteiger partial charge in [-0.25, -0.2) is 0 Å². The maximum Gasteiger partial charge on any atom is 0.261 e. The first-order valence-corrected chi connectivity index (χ1v) is 56.2. The first-order chi connectivity index (χ1) is 67.7. The van der Waals surface area contributed by atoms with Crippen molar-refractivity contribution in [2.75, 3.05) is 26.9 Å². The Kier molecular flexibility index (Phi) is 35.8. The van der Waals surface area contributed by atoms with Gasteiger partial charge in [0.05, 0.1) is 107 Å². The SMILES string of the molecule is CO[C@H]1OC(CO[Si](c2ccccc2)(c2ccccc2)C(C)(C)C)[C@@H](O[C@@H]2OC(C)[C@H](O[C@@H]3OC(CO[Si](c4ccccc4)(c4ccccc4)C(C)(C)C)[C@@H](O[C@@H]4OC(C)[C@H](O[C@@H]5OC(CO[Si](c6ccccc6)(c6ccccc6)C(C)(C)C)[C@@H](O[C@@H]6OC(C)[C@@H](O)[C@@H](OCc7ccccc7)C6C)[C@H](C)C5N=[N+]=[N-])[C@@H](OCc5ccccc5)C4C)[C@H](C)C3N=[N+]=[N-])[C@@H](OCc3ccccc3)C2C)[C@H](C)C1C. The second-order valence-corrected chi connectivity index (χ2v) is 55.5. The number of methoxy groups -OCH3 is 1. The molecule has 6 fully saturated rings. The van der Waals surface area contributed by atoms with Crippen LogP contribution < -0.4 is 31.1 Å². The summed E-state index contributed by atoms with van der Waals surface area (Å²) in [7, 11) is -8.18. The number of benzene rings is 9. The van der Waals surface area contributed by atoms with E-state index in [2.05, 4.69) is 249 Å². The van der Waals surface area contributed by atoms with Crippen LogP contribution in [0.3, 0.4) is 0 Å². The van der Waals surface area contributed by atoms with Gasteiger partial charge in [-0.15, -0.1) is 0 Å². The van der Waals surface area contributed by atoms with E-state index in [1.807, 2.05) is 176 Å². The molecule has 0 saturated carbocycles. The highest BCUT2D eigenvalue weighted by Crippen LogP contribution is 2.48. The minimum atomic E-state index is -3.41. The molecule has 15 rings (SSSR count). The topological polar surface area (TPSA) is 284 Å². The van der Waals surface area contributed by atoms with E-state index < -0.39 is 206 Å². The molecule has 6 heterocycles. The van der Waals surface area contributed by atoms with Crippen LogP contribution in [-0.4, -0.2) is 198 Å². The highest BCUT2D eigenvalue weighted by atomic mass is 28.4. The molecule has 756 valence electrons. The molecule has 6 saturated heterocycles. The molecule has 141 heavy (non-hydrogen) atoms. The van der Waals surface area contributed by atoms with Gasteiger partial charge < -0.3 is 89.4 Å². The lowest BCUT2D eigenvalue weighted by molar-refractivity contribution is -0.370. The third-order valence-electron chi connectivity index (χ3n) is 30.3. The van der Waals surface area contributed by atoms with Crippen molar-refractivity contribution in [3.8, 4) is 0 Å². The average molecular weight is 1980 g/mol. The van der Waals surface area contributed by atoms with Gasteiger partial charge in [0.2, 0.25) is 0 Å². The van der Waals surface area contributed by atoms with Crippen molar-refractivity contribution in [2.24, 2.45) is 51.7 Å². The van der Waals surface area contributed by atoms with Crippen LogP contribution in [0.2, 0.25) is 15.1 Å². The molecule has 0 radical (unpaired) electrons. The van der Waals surface area contributed by atoms with E-state index in [-0.39, 0.29) is 56.5 Å². The summed E-state index contributed by atoms with van der Waals surface area (Å²) in [6.45, 7) is 41.0. The summed E-state index contributed by atoms with van der Waals surface area (Å²) in [5, 5.41) is 26.4. The first kappa shape index (κ1) is 107. The normalized spacial score (nSPS) is 31.9. The molecular weight excluding hydrogens is 1830 g/mol. The zero-order valence-electron chi connectivity index (χ0n) is 85.5. The lowest BCUT2D eigenvalue weighted by atomic mass is 9.84. The van der Waals surface area contributed by atoms with Crippen LogP contribution in [-0.2, 0) is 104 Å². The zero-order valence-corrected chi connectivity index (χ0v) is 88.5. The number of hydrogen-bond acceptors (Lipinski definition) is 21. The Morgan fingerprint density at radius 3 is 0.794 bits per heavy atom. The summed E-state index contributed by atoms with van der Waals surface area (Å²) < 4.78 is 133. The highest BCUT2D eigenvalue weighted by molar-refractivity contribution is 7.00. The van der Waals surface area contributed by atoms with Gasteiger partial charge in [0.25, 0.3) is 25.0 Å². The summed E-state index contributed by atoms with van der Waals surface area (Å²) in [6, 6.07) is 90.7. The summed E-state index contributed by atoms with van der Waals surface area (Å²) in [5.74, 6) is -3.31. The van der Waals surface area contributed by atoms with Crippen molar-refractivity contribution in [2.45, 2.75) is 308 Å². The van der Waals surface area contributed by atoms with Crippen molar-refractivity contribution in [1.29, 1.82) is 0 Å². The molecule has 6 aliphatic rings. The minimum absolute atomic E-state index is 0.0135. The molecule has 28 heteroatoms. The fourth-order valence-electron chi connectivity index (χ4n) is 22.4. The average Bonchev–Trinajstić information content (AvgIpc) is 0.731. The Balaban J connectivity index is 0.768. The van der Waals surface area contributed by atoms with Gasteiger partial charge in [-0.05, 0) is 113 Å². The van der Waals surface area contributed by atoms with E-state index in [0.717, 1.165) is 47.8 Å². The second kappa shape index (κ2) is 47.3. The van der Waals surface area contributed by atoms with Gasteiger partial charge in [0.15, 0.2) is 37.7 Å². The van der Waals surface area contributed by atoms with Gasteiger partial charge >= 0.3 is 0 Å². The maximum atomic E-state index is 11.9. The van der Waals surface area contributed by atoms with E-state index in [1.165, 1.54) is 0 Å². The molecule has 9 aromatic rings. The second-order valence-electron chi connectivity index (χ2n) is 42.6. The van der Waals surface area contributed by atoms with Crippen molar-refractivity contribution in [1.82, 2.24) is 0 Å². The summed E-state index contributed by atoms with van der Waals surface area (Å²) >= 11 is 0. The largest absolute Gasteiger partial charge is 0.405 e. The van der Waals surface area contributed by atoms with Crippen molar-refractivity contribution in [3.63, 3.8) is 0 Å². The number of aliphatic hydroxyl groups excluding tert-OH is 1. The van der Waals surface area contributed by atoms with Gasteiger partial charge in [-0.2, -0.15) is 0 Å². The molecule has 0 aromatic heterocycles. The van der Waals surface area contributed by atoms with E-state index >= 15 is 0 Å². The van der Waals surface area contributed by atoms with E-state index in [0.29, 0.717) is 0 Å². The van der Waals surface area contributed by atoms with Gasteiger partial charge in [0, 0.05) is 40.6 Å². The van der Waals surface area contributed by atoms with Gasteiger partial charge in [-0.1, -0.05) is 394 Å². The molecule has 25 nitrogen and oxygen atoms in total. The monoisotopic (exact) mass is 1980 g/mol.